The number of hydrogen-bond donors (Lipinski definition) is 1. The molecule has 0 unspecified atom stereocenters. The van der Waals surface area contributed by atoms with Gasteiger partial charge in [0.2, 0.25) is 5.28 Å². The minimum atomic E-state index is -0.139. The maximum Gasteiger partial charge on any atom is 0.224 e. The normalized spacial score (nSPS) is 25.4. The van der Waals surface area contributed by atoms with Gasteiger partial charge in [0.1, 0.15) is 0 Å². The van der Waals surface area contributed by atoms with Gasteiger partial charge in [0, 0.05) is 12.4 Å². The average molecular weight is 319 g/mol. The molecule has 92 valence electrons. The lowest BCUT2D eigenvalue weighted by Gasteiger charge is -2.21. The Kier molecular flexibility index (Phi) is 4.48. The average Bonchev–Trinajstić information content (AvgIpc) is 2.32. The summed E-state index contributed by atoms with van der Waals surface area (Å²) in [4.78, 5) is 12.2. The topological polar surface area (TPSA) is 58.4 Å². The van der Waals surface area contributed by atoms with Gasteiger partial charge >= 0.3 is 0 Å². The number of aliphatic hydroxyl groups is 1. The molecule has 1 aromatic rings. The second-order valence-electron chi connectivity index (χ2n) is 4.16. The lowest BCUT2D eigenvalue weighted by Crippen LogP contribution is -2.18. The van der Waals surface area contributed by atoms with Crippen LogP contribution in [0.2, 0.25) is 5.28 Å². The molecule has 4 nitrogen and oxygen atoms in total. The standard InChI is InChI=1S/C11H13BrClN3O/c12-9-6-15-11(13)16-10(9)14-5-7-1-3-8(17)4-2-7/h5-8,17H,1-4H2/b14-5-. The maximum atomic E-state index is 9.40. The van der Waals surface area contributed by atoms with Crippen LogP contribution >= 0.6 is 27.5 Å². The molecule has 6 heteroatoms. The van der Waals surface area contributed by atoms with Crippen LogP contribution in [0.5, 0.6) is 0 Å². The van der Waals surface area contributed by atoms with Crippen LogP contribution in [0, 0.1) is 5.92 Å². The first-order chi connectivity index (χ1) is 8.15. The van der Waals surface area contributed by atoms with Crippen molar-refractivity contribution in [1.29, 1.82) is 0 Å². The van der Waals surface area contributed by atoms with Crippen LogP contribution in [0.4, 0.5) is 5.82 Å². The Hall–Kier alpha value is -0.520. The molecule has 1 aliphatic carbocycles. The van der Waals surface area contributed by atoms with Crippen molar-refractivity contribution in [2.75, 3.05) is 0 Å². The third kappa shape index (κ3) is 3.72. The highest BCUT2D eigenvalue weighted by atomic mass is 79.9. The van der Waals surface area contributed by atoms with E-state index in [4.69, 9.17) is 11.6 Å². The Labute approximate surface area is 113 Å². The Balaban J connectivity index is 2.02. The third-order valence-electron chi connectivity index (χ3n) is 2.85. The van der Waals surface area contributed by atoms with Gasteiger partial charge in [-0.05, 0) is 59.1 Å². The number of aromatic nitrogens is 2. The van der Waals surface area contributed by atoms with Gasteiger partial charge in [0.25, 0.3) is 0 Å². The molecule has 1 N–H and O–H groups in total. The van der Waals surface area contributed by atoms with Crippen molar-refractivity contribution in [1.82, 2.24) is 9.97 Å². The van der Waals surface area contributed by atoms with Crippen molar-refractivity contribution in [3.05, 3.63) is 16.0 Å². The first kappa shape index (κ1) is 12.9. The van der Waals surface area contributed by atoms with Gasteiger partial charge in [0.05, 0.1) is 10.6 Å². The zero-order chi connectivity index (χ0) is 12.3. The smallest absolute Gasteiger partial charge is 0.224 e. The SMILES string of the molecule is OC1CCC(/C=N\c2nc(Cl)ncc2Br)CC1. The van der Waals surface area contributed by atoms with Crippen LogP contribution in [0.3, 0.4) is 0 Å². The van der Waals surface area contributed by atoms with Crippen molar-refractivity contribution in [3.8, 4) is 0 Å². The molecule has 2 rings (SSSR count). The van der Waals surface area contributed by atoms with Crippen LogP contribution in [0.25, 0.3) is 0 Å². The summed E-state index contributed by atoms with van der Waals surface area (Å²) in [6.07, 6.45) is 6.99. The predicted molar refractivity (Wildman–Crippen MR) is 70.9 cm³/mol. The molecular formula is C11H13BrClN3O. The summed E-state index contributed by atoms with van der Waals surface area (Å²) in [7, 11) is 0. The van der Waals surface area contributed by atoms with Gasteiger partial charge in [-0.2, -0.15) is 4.98 Å². The lowest BCUT2D eigenvalue weighted by molar-refractivity contribution is 0.121. The van der Waals surface area contributed by atoms with Crippen LogP contribution in [-0.4, -0.2) is 27.4 Å². The van der Waals surface area contributed by atoms with Crippen molar-refractivity contribution in [3.63, 3.8) is 0 Å². The van der Waals surface area contributed by atoms with Crippen molar-refractivity contribution in [2.24, 2.45) is 10.9 Å². The summed E-state index contributed by atoms with van der Waals surface area (Å²) in [6, 6.07) is 0. The largest absolute Gasteiger partial charge is 0.393 e. The molecule has 0 saturated heterocycles. The zero-order valence-electron chi connectivity index (χ0n) is 9.18. The predicted octanol–water partition coefficient (Wildman–Crippen LogP) is 3.15. The number of nitrogens with zero attached hydrogens (tertiary/aromatic N) is 3. The highest BCUT2D eigenvalue weighted by molar-refractivity contribution is 9.10. The fourth-order valence-electron chi connectivity index (χ4n) is 1.85. The fourth-order valence-corrected chi connectivity index (χ4v) is 2.28. The molecule has 1 fully saturated rings. The summed E-state index contributed by atoms with van der Waals surface area (Å²) in [5.41, 5.74) is 0. The molecule has 1 aromatic heterocycles. The van der Waals surface area contributed by atoms with E-state index in [9.17, 15) is 5.11 Å². The van der Waals surface area contributed by atoms with Gasteiger partial charge in [-0.1, -0.05) is 0 Å². The lowest BCUT2D eigenvalue weighted by atomic mass is 9.88. The van der Waals surface area contributed by atoms with E-state index in [2.05, 4.69) is 30.9 Å². The van der Waals surface area contributed by atoms with Crippen molar-refractivity contribution < 1.29 is 5.11 Å². The molecule has 1 heterocycles. The van der Waals surface area contributed by atoms with Crippen LogP contribution in [0.15, 0.2) is 15.7 Å². The molecule has 0 spiro atoms. The quantitative estimate of drug-likeness (QED) is 0.673. The van der Waals surface area contributed by atoms with E-state index in [1.807, 2.05) is 6.21 Å². The van der Waals surface area contributed by atoms with Crippen molar-refractivity contribution in [2.45, 2.75) is 31.8 Å². The highest BCUT2D eigenvalue weighted by Crippen LogP contribution is 2.26. The monoisotopic (exact) mass is 317 g/mol. The summed E-state index contributed by atoms with van der Waals surface area (Å²) >= 11 is 9.04. The second-order valence-corrected chi connectivity index (χ2v) is 5.35. The van der Waals surface area contributed by atoms with E-state index in [1.165, 1.54) is 0 Å². The summed E-state index contributed by atoms with van der Waals surface area (Å²) < 4.78 is 0.731. The first-order valence-corrected chi connectivity index (χ1v) is 6.72. The van der Waals surface area contributed by atoms with Gasteiger partial charge in [0.15, 0.2) is 5.82 Å². The Morgan fingerprint density at radius 3 is 2.82 bits per heavy atom. The molecule has 0 radical (unpaired) electrons. The van der Waals surface area contributed by atoms with E-state index in [0.717, 1.165) is 30.2 Å². The number of halogens is 2. The second kappa shape index (κ2) is 5.89. The molecule has 0 atom stereocenters. The van der Waals surface area contributed by atoms with Gasteiger partial charge in [-0.3, -0.25) is 0 Å². The third-order valence-corrected chi connectivity index (χ3v) is 3.59. The van der Waals surface area contributed by atoms with Gasteiger partial charge in [-0.25, -0.2) is 9.98 Å². The Morgan fingerprint density at radius 2 is 2.12 bits per heavy atom. The minimum Gasteiger partial charge on any atom is -0.393 e. The van der Waals surface area contributed by atoms with Crippen LogP contribution in [0.1, 0.15) is 25.7 Å². The van der Waals surface area contributed by atoms with Crippen LogP contribution in [-0.2, 0) is 0 Å². The minimum absolute atomic E-state index is 0.139. The number of rotatable bonds is 2. The number of aliphatic imine (C=N–C) groups is 1. The van der Waals surface area contributed by atoms with E-state index >= 15 is 0 Å². The molecule has 17 heavy (non-hydrogen) atoms. The molecule has 0 aromatic carbocycles. The molecule has 0 bridgehead atoms. The van der Waals surface area contributed by atoms with Crippen LogP contribution < -0.4 is 0 Å². The van der Waals surface area contributed by atoms with Gasteiger partial charge in [-0.15, -0.1) is 0 Å². The van der Waals surface area contributed by atoms with E-state index < -0.39 is 0 Å². The first-order valence-electron chi connectivity index (χ1n) is 5.55. The Bertz CT molecular complexity index is 419. The maximum absolute atomic E-state index is 9.40. The van der Waals surface area contributed by atoms with Gasteiger partial charge < -0.3 is 5.11 Å². The van der Waals surface area contributed by atoms with E-state index in [1.54, 1.807) is 6.20 Å². The summed E-state index contributed by atoms with van der Waals surface area (Å²) in [5.74, 6) is 0.968. The molecular weight excluding hydrogens is 305 g/mol. The molecule has 1 saturated carbocycles. The summed E-state index contributed by atoms with van der Waals surface area (Å²) in [6.45, 7) is 0. The highest BCUT2D eigenvalue weighted by Gasteiger charge is 2.17. The molecule has 0 amide bonds. The number of hydrogen-bond acceptors (Lipinski definition) is 4. The molecule has 0 aliphatic heterocycles. The van der Waals surface area contributed by atoms with Crippen molar-refractivity contribution >= 4 is 39.6 Å². The summed E-state index contributed by atoms with van der Waals surface area (Å²) in [5, 5.41) is 9.60. The zero-order valence-corrected chi connectivity index (χ0v) is 11.5. The fraction of sp³-hybridized carbons (Fsp3) is 0.545. The van der Waals surface area contributed by atoms with E-state index in [-0.39, 0.29) is 11.4 Å². The van der Waals surface area contributed by atoms with E-state index in [0.29, 0.717) is 11.7 Å². The number of aliphatic hydroxyl groups excluding tert-OH is 1. The Morgan fingerprint density at radius 1 is 1.41 bits per heavy atom. The molecule has 1 aliphatic rings.